The van der Waals surface area contributed by atoms with Crippen LogP contribution in [0.2, 0.25) is 0 Å². The highest BCUT2D eigenvalue weighted by molar-refractivity contribution is 7.92. The Bertz CT molecular complexity index is 651. The summed E-state index contributed by atoms with van der Waals surface area (Å²) >= 11 is 0. The third-order valence-electron chi connectivity index (χ3n) is 3.98. The van der Waals surface area contributed by atoms with Gasteiger partial charge < -0.3 is 10.2 Å². The van der Waals surface area contributed by atoms with Crippen LogP contribution >= 0.6 is 0 Å². The molecule has 1 N–H and O–H groups in total. The van der Waals surface area contributed by atoms with Crippen LogP contribution in [0.5, 0.6) is 0 Å². The van der Waals surface area contributed by atoms with Gasteiger partial charge in [0.05, 0.1) is 10.5 Å². The predicted molar refractivity (Wildman–Crippen MR) is 88.6 cm³/mol. The van der Waals surface area contributed by atoms with E-state index < -0.39 is 14.6 Å². The van der Waals surface area contributed by atoms with Crippen LogP contribution in [0.4, 0.5) is 0 Å². The number of nitrogens with one attached hydrogen (secondary N) is 1. The first kappa shape index (κ1) is 16.7. The SMILES string of the molecule is CN=C(NCc1ccc(C)nc1)N1CCS(=O)(=O)C(C)(C)C1. The van der Waals surface area contributed by atoms with Gasteiger partial charge in [0.15, 0.2) is 15.8 Å². The van der Waals surface area contributed by atoms with Gasteiger partial charge in [-0.15, -0.1) is 0 Å². The monoisotopic (exact) mass is 324 g/mol. The van der Waals surface area contributed by atoms with E-state index in [0.29, 0.717) is 19.6 Å². The van der Waals surface area contributed by atoms with Crippen molar-refractivity contribution in [3.8, 4) is 0 Å². The zero-order chi connectivity index (χ0) is 16.4. The molecule has 1 aromatic rings. The maximum absolute atomic E-state index is 12.1. The maximum atomic E-state index is 12.1. The van der Waals surface area contributed by atoms with Crippen LogP contribution in [0.15, 0.2) is 23.3 Å². The summed E-state index contributed by atoms with van der Waals surface area (Å²) in [6.45, 7) is 7.02. The molecule has 1 saturated heterocycles. The lowest BCUT2D eigenvalue weighted by molar-refractivity contribution is 0.353. The summed E-state index contributed by atoms with van der Waals surface area (Å²) in [5.74, 6) is 0.885. The van der Waals surface area contributed by atoms with Crippen LogP contribution in [0.3, 0.4) is 0 Å². The minimum Gasteiger partial charge on any atom is -0.352 e. The Morgan fingerprint density at radius 3 is 2.73 bits per heavy atom. The van der Waals surface area contributed by atoms with E-state index in [-0.39, 0.29) is 5.75 Å². The number of hydrogen-bond acceptors (Lipinski definition) is 4. The van der Waals surface area contributed by atoms with Gasteiger partial charge in [-0.05, 0) is 32.4 Å². The zero-order valence-corrected chi connectivity index (χ0v) is 14.4. The van der Waals surface area contributed by atoms with Crippen LogP contribution in [0.25, 0.3) is 0 Å². The van der Waals surface area contributed by atoms with Crippen molar-refractivity contribution in [2.45, 2.75) is 32.1 Å². The van der Waals surface area contributed by atoms with Gasteiger partial charge in [0, 0.05) is 38.6 Å². The van der Waals surface area contributed by atoms with Crippen molar-refractivity contribution >= 4 is 15.8 Å². The van der Waals surface area contributed by atoms with Gasteiger partial charge in [0.2, 0.25) is 0 Å². The van der Waals surface area contributed by atoms with Crippen molar-refractivity contribution in [2.24, 2.45) is 4.99 Å². The molecule has 7 heteroatoms. The predicted octanol–water partition coefficient (Wildman–Crippen LogP) is 0.974. The van der Waals surface area contributed by atoms with Crippen LogP contribution in [0.1, 0.15) is 25.1 Å². The average molecular weight is 324 g/mol. The molecule has 6 nitrogen and oxygen atoms in total. The van der Waals surface area contributed by atoms with E-state index in [2.05, 4.69) is 15.3 Å². The van der Waals surface area contributed by atoms with Gasteiger partial charge in [-0.3, -0.25) is 9.98 Å². The molecular weight excluding hydrogens is 300 g/mol. The van der Waals surface area contributed by atoms with Crippen LogP contribution in [-0.2, 0) is 16.4 Å². The van der Waals surface area contributed by atoms with Crippen molar-refractivity contribution in [1.82, 2.24) is 15.2 Å². The van der Waals surface area contributed by atoms with Crippen molar-refractivity contribution < 1.29 is 8.42 Å². The van der Waals surface area contributed by atoms with Crippen molar-refractivity contribution in [3.63, 3.8) is 0 Å². The second-order valence-electron chi connectivity index (χ2n) is 6.21. The molecule has 22 heavy (non-hydrogen) atoms. The molecule has 0 amide bonds. The summed E-state index contributed by atoms with van der Waals surface area (Å²) in [4.78, 5) is 10.5. The fourth-order valence-corrected chi connectivity index (χ4v) is 3.81. The van der Waals surface area contributed by atoms with E-state index in [1.54, 1.807) is 20.9 Å². The van der Waals surface area contributed by atoms with Crippen molar-refractivity contribution in [1.29, 1.82) is 0 Å². The lowest BCUT2D eigenvalue weighted by Crippen LogP contribution is -2.57. The number of guanidine groups is 1. The topological polar surface area (TPSA) is 74.7 Å². The number of nitrogens with zero attached hydrogens (tertiary/aromatic N) is 3. The Morgan fingerprint density at radius 2 is 2.18 bits per heavy atom. The molecule has 0 radical (unpaired) electrons. The minimum atomic E-state index is -3.04. The molecule has 1 aromatic heterocycles. The molecular formula is C15H24N4O2S. The lowest BCUT2D eigenvalue weighted by atomic mass is 10.2. The summed E-state index contributed by atoms with van der Waals surface area (Å²) in [5, 5.41) is 3.28. The average Bonchev–Trinajstić information content (AvgIpc) is 2.45. The number of hydrogen-bond donors (Lipinski definition) is 1. The Kier molecular flexibility index (Phi) is 4.75. The Balaban J connectivity index is 2.02. The van der Waals surface area contributed by atoms with E-state index in [1.807, 2.05) is 30.2 Å². The fourth-order valence-electron chi connectivity index (χ4n) is 2.44. The standard InChI is InChI=1S/C15H24N4O2S/c1-12-5-6-13(9-17-12)10-18-14(16-4)19-7-8-22(20,21)15(2,3)11-19/h5-6,9H,7-8,10-11H2,1-4H3,(H,16,18). The normalized spacial score (nSPS) is 20.7. The minimum absolute atomic E-state index is 0.160. The number of rotatable bonds is 2. The molecule has 122 valence electrons. The Morgan fingerprint density at radius 1 is 1.45 bits per heavy atom. The zero-order valence-electron chi connectivity index (χ0n) is 13.6. The highest BCUT2D eigenvalue weighted by Crippen LogP contribution is 2.23. The fraction of sp³-hybridized carbons (Fsp3) is 0.600. The van der Waals surface area contributed by atoms with Crippen LogP contribution < -0.4 is 5.32 Å². The highest BCUT2D eigenvalue weighted by atomic mass is 32.2. The molecule has 1 fully saturated rings. The van der Waals surface area contributed by atoms with E-state index >= 15 is 0 Å². The molecule has 1 aliphatic heterocycles. The van der Waals surface area contributed by atoms with Gasteiger partial charge >= 0.3 is 0 Å². The van der Waals surface area contributed by atoms with Gasteiger partial charge in [-0.1, -0.05) is 6.07 Å². The second-order valence-corrected chi connectivity index (χ2v) is 8.95. The first-order chi connectivity index (χ1) is 10.2. The molecule has 0 aromatic carbocycles. The number of sulfone groups is 1. The van der Waals surface area contributed by atoms with Gasteiger partial charge in [0.1, 0.15) is 0 Å². The molecule has 0 aliphatic carbocycles. The largest absolute Gasteiger partial charge is 0.352 e. The lowest BCUT2D eigenvalue weighted by Gasteiger charge is -2.39. The summed E-state index contributed by atoms with van der Waals surface area (Å²) in [7, 11) is -1.33. The summed E-state index contributed by atoms with van der Waals surface area (Å²) in [5.41, 5.74) is 2.05. The molecule has 0 saturated carbocycles. The summed E-state index contributed by atoms with van der Waals surface area (Å²) < 4.78 is 23.4. The number of aryl methyl sites for hydroxylation is 1. The first-order valence-corrected chi connectivity index (χ1v) is 9.00. The summed E-state index contributed by atoms with van der Waals surface area (Å²) in [6.07, 6.45) is 1.83. The number of aromatic nitrogens is 1. The molecule has 1 aliphatic rings. The van der Waals surface area contributed by atoms with E-state index in [4.69, 9.17) is 0 Å². The summed E-state index contributed by atoms with van der Waals surface area (Å²) in [6, 6.07) is 3.99. The van der Waals surface area contributed by atoms with Crippen molar-refractivity contribution in [2.75, 3.05) is 25.9 Å². The van der Waals surface area contributed by atoms with E-state index in [0.717, 1.165) is 17.2 Å². The molecule has 0 unspecified atom stereocenters. The van der Waals surface area contributed by atoms with Crippen molar-refractivity contribution in [3.05, 3.63) is 29.6 Å². The second kappa shape index (κ2) is 6.24. The smallest absolute Gasteiger partial charge is 0.193 e. The Labute approximate surface area is 132 Å². The highest BCUT2D eigenvalue weighted by Gasteiger charge is 2.40. The molecule has 2 rings (SSSR count). The maximum Gasteiger partial charge on any atom is 0.193 e. The first-order valence-electron chi connectivity index (χ1n) is 7.34. The van der Waals surface area contributed by atoms with Crippen LogP contribution in [-0.4, -0.2) is 54.9 Å². The third-order valence-corrected chi connectivity index (χ3v) is 6.51. The number of aliphatic imine (C=N–C) groups is 1. The Hall–Kier alpha value is -1.63. The van der Waals surface area contributed by atoms with E-state index in [1.165, 1.54) is 0 Å². The molecule has 0 atom stereocenters. The molecule has 2 heterocycles. The quantitative estimate of drug-likeness (QED) is 0.648. The van der Waals surface area contributed by atoms with Crippen LogP contribution in [0, 0.1) is 6.92 Å². The van der Waals surface area contributed by atoms with Gasteiger partial charge in [-0.25, -0.2) is 8.42 Å². The molecule has 0 bridgehead atoms. The van der Waals surface area contributed by atoms with Gasteiger partial charge in [-0.2, -0.15) is 0 Å². The third kappa shape index (κ3) is 3.58. The van der Waals surface area contributed by atoms with Gasteiger partial charge in [0.25, 0.3) is 0 Å². The number of pyridine rings is 1. The molecule has 0 spiro atoms. The van der Waals surface area contributed by atoms with E-state index in [9.17, 15) is 8.42 Å².